The zero-order chi connectivity index (χ0) is 25.9. The number of rotatable bonds is 7. The number of hydrogen-bond acceptors (Lipinski definition) is 6. The third kappa shape index (κ3) is 4.82. The van der Waals surface area contributed by atoms with Gasteiger partial charge in [0.25, 0.3) is 0 Å². The zero-order valence-electron chi connectivity index (χ0n) is 22.0. The fourth-order valence-electron chi connectivity index (χ4n) is 5.93. The number of aliphatic hydroxyl groups excluding tert-OH is 1. The molecular formula is C32H35N3O3. The highest BCUT2D eigenvalue weighted by Gasteiger charge is 2.31. The summed E-state index contributed by atoms with van der Waals surface area (Å²) >= 11 is 0. The molecule has 4 aromatic rings. The van der Waals surface area contributed by atoms with Crippen molar-refractivity contribution in [1.29, 1.82) is 0 Å². The normalized spacial score (nSPS) is 16.1. The van der Waals surface area contributed by atoms with E-state index in [2.05, 4.69) is 64.4 Å². The molecule has 6 rings (SSSR count). The Kier molecular flexibility index (Phi) is 7.16. The van der Waals surface area contributed by atoms with E-state index in [1.807, 2.05) is 18.2 Å². The highest BCUT2D eigenvalue weighted by Crippen LogP contribution is 2.39. The van der Waals surface area contributed by atoms with Gasteiger partial charge >= 0.3 is 0 Å². The maximum absolute atomic E-state index is 9.27. The number of piperazine rings is 1. The van der Waals surface area contributed by atoms with E-state index in [0.29, 0.717) is 18.9 Å². The highest BCUT2D eigenvalue weighted by atomic mass is 16.5. The molecule has 1 aromatic heterocycles. The Balaban J connectivity index is 1.30. The number of pyridine rings is 1. The van der Waals surface area contributed by atoms with Crippen molar-refractivity contribution >= 4 is 16.6 Å². The second-order valence-electron chi connectivity index (χ2n) is 10.1. The lowest BCUT2D eigenvalue weighted by Gasteiger charge is -2.41. The molecule has 0 saturated carbocycles. The predicted octanol–water partition coefficient (Wildman–Crippen LogP) is 5.01. The van der Waals surface area contributed by atoms with Crippen LogP contribution in [0.4, 0.5) is 5.69 Å². The molecule has 1 aliphatic heterocycles. The molecular weight excluding hydrogens is 474 g/mol. The number of aromatic nitrogens is 1. The number of hydrogen-bond donors (Lipinski definition) is 1. The number of fused-ring (bicyclic) bond motifs is 3. The molecule has 0 atom stereocenters. The van der Waals surface area contributed by atoms with Crippen LogP contribution in [0.15, 0.2) is 72.8 Å². The van der Waals surface area contributed by atoms with Crippen LogP contribution in [0.3, 0.4) is 0 Å². The molecule has 2 aliphatic rings. The van der Waals surface area contributed by atoms with Crippen LogP contribution in [-0.4, -0.2) is 61.5 Å². The fraction of sp³-hybridized carbons (Fsp3) is 0.344. The van der Waals surface area contributed by atoms with E-state index in [0.717, 1.165) is 61.4 Å². The Labute approximate surface area is 224 Å². The first-order valence-electron chi connectivity index (χ1n) is 13.6. The lowest BCUT2D eigenvalue weighted by Crippen LogP contribution is -2.48. The average Bonchev–Trinajstić information content (AvgIpc) is 3.14. The Morgan fingerprint density at radius 1 is 0.868 bits per heavy atom. The van der Waals surface area contributed by atoms with Crippen molar-refractivity contribution in [3.05, 3.63) is 95.1 Å². The van der Waals surface area contributed by atoms with Crippen LogP contribution in [0, 0.1) is 0 Å². The van der Waals surface area contributed by atoms with E-state index >= 15 is 0 Å². The van der Waals surface area contributed by atoms with Crippen molar-refractivity contribution in [3.63, 3.8) is 0 Å². The van der Waals surface area contributed by atoms with E-state index < -0.39 is 0 Å². The van der Waals surface area contributed by atoms with Gasteiger partial charge in [-0.3, -0.25) is 4.90 Å². The smallest absolute Gasteiger partial charge is 0.238 e. The summed E-state index contributed by atoms with van der Waals surface area (Å²) in [6, 6.07) is 26.3. The zero-order valence-corrected chi connectivity index (χ0v) is 22.0. The van der Waals surface area contributed by atoms with Crippen LogP contribution in [-0.2, 0) is 12.8 Å². The molecule has 38 heavy (non-hydrogen) atoms. The van der Waals surface area contributed by atoms with Gasteiger partial charge in [-0.2, -0.15) is 0 Å². The number of ether oxygens (including phenoxy) is 2. The van der Waals surface area contributed by atoms with Crippen LogP contribution in [0.2, 0.25) is 0 Å². The average molecular weight is 510 g/mol. The number of anilines is 1. The number of aryl methyl sites for hydroxylation is 2. The number of nitrogens with zero attached hydrogens (tertiary/aromatic N) is 3. The first-order valence-corrected chi connectivity index (χ1v) is 13.6. The van der Waals surface area contributed by atoms with E-state index in [4.69, 9.17) is 14.5 Å². The molecule has 196 valence electrons. The lowest BCUT2D eigenvalue weighted by molar-refractivity contribution is 0.209. The molecule has 0 spiro atoms. The van der Waals surface area contributed by atoms with Gasteiger partial charge in [-0.05, 0) is 59.4 Å². The molecule has 0 unspecified atom stereocenters. The Morgan fingerprint density at radius 3 is 2.21 bits per heavy atom. The van der Waals surface area contributed by atoms with Gasteiger partial charge in [-0.15, -0.1) is 0 Å². The molecule has 0 bridgehead atoms. The first kappa shape index (κ1) is 24.7. The maximum atomic E-state index is 9.27. The number of benzene rings is 3. The van der Waals surface area contributed by atoms with Gasteiger partial charge in [0, 0.05) is 44.6 Å². The van der Waals surface area contributed by atoms with Crippen LogP contribution >= 0.6 is 0 Å². The molecule has 6 heteroatoms. The van der Waals surface area contributed by atoms with Crippen molar-refractivity contribution < 1.29 is 14.6 Å². The van der Waals surface area contributed by atoms with E-state index in [1.54, 1.807) is 7.11 Å². The summed E-state index contributed by atoms with van der Waals surface area (Å²) < 4.78 is 11.5. The van der Waals surface area contributed by atoms with Crippen LogP contribution in [0.1, 0.15) is 34.7 Å². The quantitative estimate of drug-likeness (QED) is 0.353. The Morgan fingerprint density at radius 2 is 1.55 bits per heavy atom. The minimum atomic E-state index is 0.100. The predicted molar refractivity (Wildman–Crippen MR) is 151 cm³/mol. The summed E-state index contributed by atoms with van der Waals surface area (Å²) in [5, 5.41) is 10.3. The highest BCUT2D eigenvalue weighted by molar-refractivity contribution is 5.85. The first-order chi connectivity index (χ1) is 18.7. The molecule has 2 heterocycles. The van der Waals surface area contributed by atoms with Crippen molar-refractivity contribution in [2.24, 2.45) is 0 Å². The van der Waals surface area contributed by atoms with Gasteiger partial charge in [0.1, 0.15) is 11.4 Å². The third-order valence-electron chi connectivity index (χ3n) is 7.89. The monoisotopic (exact) mass is 509 g/mol. The summed E-state index contributed by atoms with van der Waals surface area (Å²) in [5.41, 5.74) is 7.69. The molecule has 0 radical (unpaired) electrons. The van der Waals surface area contributed by atoms with Gasteiger partial charge in [0.05, 0.1) is 25.3 Å². The summed E-state index contributed by atoms with van der Waals surface area (Å²) in [6.07, 6.45) is 2.75. The molecule has 1 saturated heterocycles. The second-order valence-corrected chi connectivity index (χ2v) is 10.1. The van der Waals surface area contributed by atoms with E-state index in [9.17, 15) is 5.11 Å². The second kappa shape index (κ2) is 11.0. The SMILES string of the molecule is COc1ccc2nc(OCCCO)c(N3CCN(C4c5ccccc5CCc5ccccc54)CC3)cc2c1. The molecule has 1 aliphatic carbocycles. The van der Waals surface area contributed by atoms with Crippen molar-refractivity contribution in [3.8, 4) is 11.6 Å². The molecule has 1 fully saturated rings. The maximum Gasteiger partial charge on any atom is 0.238 e. The summed E-state index contributed by atoms with van der Waals surface area (Å²) in [4.78, 5) is 9.90. The number of methoxy groups -OCH3 is 1. The van der Waals surface area contributed by atoms with Gasteiger partial charge in [0.15, 0.2) is 0 Å². The van der Waals surface area contributed by atoms with Gasteiger partial charge in [-0.25, -0.2) is 4.98 Å². The minimum absolute atomic E-state index is 0.100. The van der Waals surface area contributed by atoms with Crippen molar-refractivity contribution in [2.75, 3.05) is 51.4 Å². The summed E-state index contributed by atoms with van der Waals surface area (Å²) in [6.45, 7) is 4.19. The van der Waals surface area contributed by atoms with Crippen molar-refractivity contribution in [2.45, 2.75) is 25.3 Å². The van der Waals surface area contributed by atoms with Crippen LogP contribution in [0.5, 0.6) is 11.6 Å². The van der Waals surface area contributed by atoms with Gasteiger partial charge in [-0.1, -0.05) is 48.5 Å². The van der Waals surface area contributed by atoms with E-state index in [1.165, 1.54) is 22.3 Å². The minimum Gasteiger partial charge on any atom is -0.497 e. The van der Waals surface area contributed by atoms with Crippen LogP contribution < -0.4 is 14.4 Å². The molecule has 3 aromatic carbocycles. The summed E-state index contributed by atoms with van der Waals surface area (Å²) in [7, 11) is 1.69. The van der Waals surface area contributed by atoms with Gasteiger partial charge < -0.3 is 19.5 Å². The third-order valence-corrected chi connectivity index (χ3v) is 7.89. The van der Waals surface area contributed by atoms with Crippen LogP contribution in [0.25, 0.3) is 10.9 Å². The van der Waals surface area contributed by atoms with Crippen molar-refractivity contribution in [1.82, 2.24) is 9.88 Å². The standard InChI is InChI=1S/C32H35N3O3/c1-37-26-13-14-29-25(21-26)22-30(32(33-29)38-20-6-19-36)34-15-17-35(18-16-34)31-27-9-4-2-7-23(27)11-12-24-8-3-5-10-28(24)31/h2-5,7-10,13-14,21-22,31,36H,6,11-12,15-20H2,1H3. The number of aliphatic hydroxyl groups is 1. The molecule has 0 amide bonds. The molecule has 6 nitrogen and oxygen atoms in total. The molecule has 1 N–H and O–H groups in total. The van der Waals surface area contributed by atoms with E-state index in [-0.39, 0.29) is 12.6 Å². The van der Waals surface area contributed by atoms with Gasteiger partial charge in [0.2, 0.25) is 5.88 Å². The Hall–Kier alpha value is -3.61. The topological polar surface area (TPSA) is 58.1 Å². The Bertz CT molecular complexity index is 1370. The summed E-state index contributed by atoms with van der Waals surface area (Å²) in [5.74, 6) is 1.45. The largest absolute Gasteiger partial charge is 0.497 e. The fourth-order valence-corrected chi connectivity index (χ4v) is 5.93. The lowest BCUT2D eigenvalue weighted by atomic mass is 9.92.